The molecule has 1 aliphatic heterocycles. The average molecular weight is 280 g/mol. The lowest BCUT2D eigenvalue weighted by atomic mass is 10.2. The third kappa shape index (κ3) is 4.10. The van der Waals surface area contributed by atoms with Crippen LogP contribution < -0.4 is 15.2 Å². The van der Waals surface area contributed by atoms with Crippen LogP contribution in [0.2, 0.25) is 0 Å². The van der Waals surface area contributed by atoms with Crippen molar-refractivity contribution in [1.29, 1.82) is 0 Å². The molecule has 20 heavy (non-hydrogen) atoms. The number of morpholine rings is 1. The van der Waals surface area contributed by atoms with Crippen LogP contribution in [0.1, 0.15) is 12.5 Å². The van der Waals surface area contributed by atoms with E-state index in [0.29, 0.717) is 19.8 Å². The Bertz CT molecular complexity index is 426. The molecule has 1 atom stereocenters. The molecule has 112 valence electrons. The molecule has 0 saturated carbocycles. The summed E-state index contributed by atoms with van der Waals surface area (Å²) in [4.78, 5) is 2.25. The summed E-state index contributed by atoms with van der Waals surface area (Å²) < 4.78 is 17.2. The molecule has 0 amide bonds. The highest BCUT2D eigenvalue weighted by molar-refractivity contribution is 5.43. The molecule has 1 unspecified atom stereocenters. The van der Waals surface area contributed by atoms with Crippen molar-refractivity contribution in [2.45, 2.75) is 19.6 Å². The quantitative estimate of drug-likeness (QED) is 0.850. The predicted octanol–water partition coefficient (Wildman–Crippen LogP) is 1.25. The van der Waals surface area contributed by atoms with Gasteiger partial charge in [0, 0.05) is 19.6 Å². The molecule has 2 rings (SSSR count). The van der Waals surface area contributed by atoms with Gasteiger partial charge in [-0.1, -0.05) is 6.07 Å². The van der Waals surface area contributed by atoms with Crippen molar-refractivity contribution in [3.05, 3.63) is 23.8 Å². The van der Waals surface area contributed by atoms with Crippen LogP contribution in [0, 0.1) is 0 Å². The number of benzene rings is 1. The summed E-state index contributed by atoms with van der Waals surface area (Å²) in [5.74, 6) is 1.50. The summed E-state index contributed by atoms with van der Waals surface area (Å²) in [7, 11) is 2.09. The van der Waals surface area contributed by atoms with E-state index in [1.165, 1.54) is 0 Å². The molecule has 1 aliphatic rings. The smallest absolute Gasteiger partial charge is 0.161 e. The first-order chi connectivity index (χ1) is 9.72. The fraction of sp³-hybridized carbons (Fsp3) is 0.600. The van der Waals surface area contributed by atoms with Gasteiger partial charge in [0.15, 0.2) is 11.5 Å². The highest BCUT2D eigenvalue weighted by atomic mass is 16.5. The van der Waals surface area contributed by atoms with Gasteiger partial charge >= 0.3 is 0 Å². The lowest BCUT2D eigenvalue weighted by Gasteiger charge is -2.30. The minimum absolute atomic E-state index is 0.109. The number of rotatable bonds is 6. The maximum Gasteiger partial charge on any atom is 0.161 e. The lowest BCUT2D eigenvalue weighted by Crippen LogP contribution is -2.42. The number of ether oxygens (including phenoxy) is 3. The van der Waals surface area contributed by atoms with E-state index in [1.54, 1.807) is 0 Å². The SMILES string of the molecule is CCOc1cc(CN)ccc1OCC1CN(C)CCO1. The second kappa shape index (κ2) is 7.47. The summed E-state index contributed by atoms with van der Waals surface area (Å²) in [6, 6.07) is 5.82. The molecule has 0 aliphatic carbocycles. The van der Waals surface area contributed by atoms with E-state index in [1.807, 2.05) is 25.1 Å². The van der Waals surface area contributed by atoms with Crippen LogP contribution >= 0.6 is 0 Å². The van der Waals surface area contributed by atoms with Crippen molar-refractivity contribution < 1.29 is 14.2 Å². The van der Waals surface area contributed by atoms with Crippen LogP contribution in [-0.4, -0.2) is 51.0 Å². The summed E-state index contributed by atoms with van der Waals surface area (Å²) in [6.45, 7) is 6.22. The molecule has 0 aromatic heterocycles. The van der Waals surface area contributed by atoms with E-state index < -0.39 is 0 Å². The Labute approximate surface area is 120 Å². The Balaban J connectivity index is 1.97. The standard InChI is InChI=1S/C15H24N2O3/c1-3-18-15-8-12(9-16)4-5-14(15)20-11-13-10-17(2)6-7-19-13/h4-5,8,13H,3,6-7,9-11,16H2,1-2H3. The number of hydrogen-bond acceptors (Lipinski definition) is 5. The zero-order chi connectivity index (χ0) is 14.4. The van der Waals surface area contributed by atoms with Gasteiger partial charge in [0.1, 0.15) is 12.7 Å². The van der Waals surface area contributed by atoms with Crippen LogP contribution in [0.15, 0.2) is 18.2 Å². The molecule has 1 aromatic rings. The van der Waals surface area contributed by atoms with Crippen molar-refractivity contribution >= 4 is 0 Å². The van der Waals surface area contributed by atoms with Crippen molar-refractivity contribution in [1.82, 2.24) is 4.90 Å². The molecule has 1 aromatic carbocycles. The first-order valence-electron chi connectivity index (χ1n) is 7.11. The predicted molar refractivity (Wildman–Crippen MR) is 78.2 cm³/mol. The van der Waals surface area contributed by atoms with Gasteiger partial charge in [-0.25, -0.2) is 0 Å². The fourth-order valence-corrected chi connectivity index (χ4v) is 2.22. The van der Waals surface area contributed by atoms with Crippen LogP contribution in [-0.2, 0) is 11.3 Å². The van der Waals surface area contributed by atoms with Crippen molar-refractivity contribution in [3.63, 3.8) is 0 Å². The zero-order valence-electron chi connectivity index (χ0n) is 12.3. The summed E-state index contributed by atoms with van der Waals surface area (Å²) >= 11 is 0. The van der Waals surface area contributed by atoms with Gasteiger partial charge in [0.05, 0.1) is 13.2 Å². The van der Waals surface area contributed by atoms with Crippen LogP contribution in [0.4, 0.5) is 0 Å². The van der Waals surface area contributed by atoms with Gasteiger partial charge in [0.2, 0.25) is 0 Å². The number of nitrogens with zero attached hydrogens (tertiary/aromatic N) is 1. The maximum atomic E-state index is 5.86. The third-order valence-electron chi connectivity index (χ3n) is 3.31. The third-order valence-corrected chi connectivity index (χ3v) is 3.31. The Morgan fingerprint density at radius 2 is 2.20 bits per heavy atom. The van der Waals surface area contributed by atoms with E-state index in [-0.39, 0.29) is 6.10 Å². The van der Waals surface area contributed by atoms with E-state index in [4.69, 9.17) is 19.9 Å². The van der Waals surface area contributed by atoms with Gasteiger partial charge in [-0.2, -0.15) is 0 Å². The number of likely N-dealkylation sites (N-methyl/N-ethyl adjacent to an activating group) is 1. The Morgan fingerprint density at radius 1 is 1.35 bits per heavy atom. The van der Waals surface area contributed by atoms with E-state index in [9.17, 15) is 0 Å². The zero-order valence-corrected chi connectivity index (χ0v) is 12.3. The average Bonchev–Trinajstić information content (AvgIpc) is 2.46. The van der Waals surface area contributed by atoms with Gasteiger partial charge < -0.3 is 24.8 Å². The molecule has 0 radical (unpaired) electrons. The summed E-state index contributed by atoms with van der Waals surface area (Å²) in [6.07, 6.45) is 0.109. The molecular formula is C15H24N2O3. The fourth-order valence-electron chi connectivity index (χ4n) is 2.22. The first kappa shape index (κ1) is 15.1. The van der Waals surface area contributed by atoms with Crippen molar-refractivity contribution in [2.75, 3.05) is 40.0 Å². The first-order valence-corrected chi connectivity index (χ1v) is 7.11. The highest BCUT2D eigenvalue weighted by Gasteiger charge is 2.19. The van der Waals surface area contributed by atoms with Crippen LogP contribution in [0.3, 0.4) is 0 Å². The van der Waals surface area contributed by atoms with E-state index in [0.717, 1.165) is 36.8 Å². The number of nitrogens with two attached hydrogens (primary N) is 1. The largest absolute Gasteiger partial charge is 0.490 e. The van der Waals surface area contributed by atoms with Gasteiger partial charge in [0.25, 0.3) is 0 Å². The molecule has 0 spiro atoms. The monoisotopic (exact) mass is 280 g/mol. The molecule has 2 N–H and O–H groups in total. The molecular weight excluding hydrogens is 256 g/mol. The summed E-state index contributed by atoms with van der Waals surface area (Å²) in [5.41, 5.74) is 6.69. The minimum atomic E-state index is 0.109. The second-order valence-corrected chi connectivity index (χ2v) is 4.98. The van der Waals surface area contributed by atoms with Crippen molar-refractivity contribution in [3.8, 4) is 11.5 Å². The van der Waals surface area contributed by atoms with E-state index >= 15 is 0 Å². The van der Waals surface area contributed by atoms with Gasteiger partial charge in [-0.3, -0.25) is 0 Å². The van der Waals surface area contributed by atoms with E-state index in [2.05, 4.69) is 11.9 Å². The maximum absolute atomic E-state index is 5.86. The molecule has 1 heterocycles. The molecule has 0 bridgehead atoms. The minimum Gasteiger partial charge on any atom is -0.490 e. The molecule has 1 fully saturated rings. The normalized spacial score (nSPS) is 19.9. The molecule has 5 nitrogen and oxygen atoms in total. The second-order valence-electron chi connectivity index (χ2n) is 4.98. The Kier molecular flexibility index (Phi) is 5.64. The van der Waals surface area contributed by atoms with Crippen LogP contribution in [0.5, 0.6) is 11.5 Å². The van der Waals surface area contributed by atoms with Gasteiger partial charge in [-0.05, 0) is 31.7 Å². The molecule has 5 heteroatoms. The van der Waals surface area contributed by atoms with Gasteiger partial charge in [-0.15, -0.1) is 0 Å². The number of hydrogen-bond donors (Lipinski definition) is 1. The molecule has 1 saturated heterocycles. The highest BCUT2D eigenvalue weighted by Crippen LogP contribution is 2.28. The Hall–Kier alpha value is -1.30. The Morgan fingerprint density at radius 3 is 2.90 bits per heavy atom. The lowest BCUT2D eigenvalue weighted by molar-refractivity contribution is -0.0406. The van der Waals surface area contributed by atoms with Crippen molar-refractivity contribution in [2.24, 2.45) is 5.73 Å². The topological polar surface area (TPSA) is 57.0 Å². The van der Waals surface area contributed by atoms with Crippen LogP contribution in [0.25, 0.3) is 0 Å². The summed E-state index contributed by atoms with van der Waals surface area (Å²) in [5, 5.41) is 0.